The monoisotopic (exact) mass is 313 g/mol. The standard InChI is InChI=1S/C9H9N2O2S.CH3.Y/c1-7-3-4-8(6-10)9(5-7)14(12,13)11-2;;/h3-5H,1-2H3;1H3;/q2*-1;. The first-order valence-corrected chi connectivity index (χ1v) is 5.32. The van der Waals surface area contributed by atoms with Gasteiger partial charge in [0.15, 0.2) is 0 Å². The number of aryl methyl sites for hydroxylation is 1. The van der Waals surface area contributed by atoms with Crippen molar-refractivity contribution in [1.82, 2.24) is 0 Å². The second-order valence-electron chi connectivity index (χ2n) is 2.77. The van der Waals surface area contributed by atoms with Gasteiger partial charge in [-0.15, -0.1) is 0 Å². The van der Waals surface area contributed by atoms with Gasteiger partial charge in [-0.3, -0.25) is 0 Å². The molecule has 0 atom stereocenters. The van der Waals surface area contributed by atoms with Gasteiger partial charge in [-0.25, -0.2) is 8.42 Å². The van der Waals surface area contributed by atoms with Gasteiger partial charge in [-0.05, 0) is 24.6 Å². The molecule has 1 rings (SSSR count). The number of rotatable bonds is 2. The molecule has 1 radical (unpaired) electrons. The van der Waals surface area contributed by atoms with Crippen molar-refractivity contribution >= 4 is 10.0 Å². The Hall–Kier alpha value is -0.276. The first-order valence-electron chi connectivity index (χ1n) is 3.88. The van der Waals surface area contributed by atoms with Crippen LogP contribution in [-0.2, 0) is 42.7 Å². The van der Waals surface area contributed by atoms with Crippen LogP contribution in [0.15, 0.2) is 23.1 Å². The molecule has 0 unspecified atom stereocenters. The maximum absolute atomic E-state index is 11.4. The van der Waals surface area contributed by atoms with Crippen LogP contribution in [0.3, 0.4) is 0 Å². The molecule has 0 aliphatic rings. The summed E-state index contributed by atoms with van der Waals surface area (Å²) < 4.78 is 26.1. The molecule has 0 aliphatic carbocycles. The summed E-state index contributed by atoms with van der Waals surface area (Å²) in [5, 5.41) is 8.71. The first-order chi connectivity index (χ1) is 6.51. The van der Waals surface area contributed by atoms with Crippen molar-refractivity contribution in [2.24, 2.45) is 0 Å². The van der Waals surface area contributed by atoms with E-state index in [1.54, 1.807) is 13.0 Å². The Morgan fingerprint density at radius 1 is 1.38 bits per heavy atom. The second-order valence-corrected chi connectivity index (χ2v) is 4.52. The number of benzene rings is 1. The molecule has 0 bridgehead atoms. The van der Waals surface area contributed by atoms with Crippen LogP contribution in [0.2, 0.25) is 0 Å². The van der Waals surface area contributed by atoms with E-state index in [1.807, 2.05) is 6.07 Å². The molecule has 0 amide bonds. The van der Waals surface area contributed by atoms with Gasteiger partial charge in [0.1, 0.15) is 16.1 Å². The van der Waals surface area contributed by atoms with E-state index in [-0.39, 0.29) is 50.6 Å². The molecular weight excluding hydrogens is 301 g/mol. The number of nitriles is 1. The minimum Gasteiger partial charge on any atom is -0.547 e. The van der Waals surface area contributed by atoms with E-state index in [1.165, 1.54) is 19.2 Å². The molecule has 0 spiro atoms. The van der Waals surface area contributed by atoms with Crippen LogP contribution in [0.5, 0.6) is 0 Å². The molecule has 1 aromatic carbocycles. The Morgan fingerprint density at radius 2 is 1.94 bits per heavy atom. The van der Waals surface area contributed by atoms with Crippen LogP contribution in [0.1, 0.15) is 11.1 Å². The van der Waals surface area contributed by atoms with Crippen LogP contribution in [0.4, 0.5) is 0 Å². The van der Waals surface area contributed by atoms with Gasteiger partial charge >= 0.3 is 0 Å². The van der Waals surface area contributed by atoms with Crippen LogP contribution in [0, 0.1) is 25.7 Å². The Labute approximate surface area is 122 Å². The third kappa shape index (κ3) is 3.95. The van der Waals surface area contributed by atoms with Gasteiger partial charge in [0.25, 0.3) is 0 Å². The van der Waals surface area contributed by atoms with E-state index in [2.05, 4.69) is 4.72 Å². The minimum absolute atomic E-state index is 0. The van der Waals surface area contributed by atoms with Crippen molar-refractivity contribution in [3.63, 3.8) is 0 Å². The second kappa shape index (κ2) is 7.13. The van der Waals surface area contributed by atoms with Crippen molar-refractivity contribution in [3.8, 4) is 6.07 Å². The van der Waals surface area contributed by atoms with Gasteiger partial charge < -0.3 is 12.1 Å². The summed E-state index contributed by atoms with van der Waals surface area (Å²) in [5.74, 6) is 0. The Morgan fingerprint density at radius 3 is 2.38 bits per heavy atom. The molecule has 0 saturated heterocycles. The SMILES string of the molecule is C[N-]S(=O)(=O)c1cc(C)ccc1C#N.[CH3-].[Y]. The van der Waals surface area contributed by atoms with Gasteiger partial charge in [-0.1, -0.05) is 6.07 Å². The van der Waals surface area contributed by atoms with Crippen LogP contribution in [-0.4, -0.2) is 15.5 Å². The van der Waals surface area contributed by atoms with E-state index in [0.29, 0.717) is 0 Å². The molecule has 0 saturated carbocycles. The number of sulfonamides is 1. The molecule has 0 aromatic heterocycles. The van der Waals surface area contributed by atoms with Crippen LogP contribution < -0.4 is 0 Å². The zero-order valence-electron chi connectivity index (χ0n) is 9.43. The van der Waals surface area contributed by atoms with Crippen molar-refractivity contribution in [3.05, 3.63) is 41.5 Å². The summed E-state index contributed by atoms with van der Waals surface area (Å²) in [6.45, 7) is 1.76. The van der Waals surface area contributed by atoms with Gasteiger partial charge in [0.2, 0.25) is 0 Å². The summed E-state index contributed by atoms with van der Waals surface area (Å²) in [6.07, 6.45) is 0. The summed E-state index contributed by atoms with van der Waals surface area (Å²) in [4.78, 5) is -0.0255. The Kier molecular flexibility index (Phi) is 8.06. The van der Waals surface area contributed by atoms with Crippen molar-refractivity contribution in [2.45, 2.75) is 11.8 Å². The topological polar surface area (TPSA) is 72.0 Å². The summed E-state index contributed by atoms with van der Waals surface area (Å²) in [7, 11) is -2.47. The molecule has 16 heavy (non-hydrogen) atoms. The van der Waals surface area contributed by atoms with Crippen molar-refractivity contribution < 1.29 is 41.1 Å². The zero-order chi connectivity index (χ0) is 10.8. The van der Waals surface area contributed by atoms with E-state index in [4.69, 9.17) is 5.26 Å². The maximum atomic E-state index is 11.4. The Bertz CT molecular complexity index is 492. The molecule has 0 aliphatic heterocycles. The molecule has 0 heterocycles. The predicted octanol–water partition coefficient (Wildman–Crippen LogP) is 2.01. The fourth-order valence-electron chi connectivity index (χ4n) is 1.03. The molecule has 6 heteroatoms. The van der Waals surface area contributed by atoms with Crippen molar-refractivity contribution in [1.29, 1.82) is 5.26 Å². The van der Waals surface area contributed by atoms with E-state index < -0.39 is 10.0 Å². The normalized spacial score (nSPS) is 9.56. The third-order valence-electron chi connectivity index (χ3n) is 1.78. The fourth-order valence-corrected chi connectivity index (χ4v) is 1.96. The smallest absolute Gasteiger partial charge is 0.102 e. The fraction of sp³-hybridized carbons (Fsp3) is 0.200. The maximum Gasteiger partial charge on any atom is 0.102 e. The quantitative estimate of drug-likeness (QED) is 0.784. The van der Waals surface area contributed by atoms with Crippen LogP contribution >= 0.6 is 0 Å². The Balaban J connectivity index is 0. The predicted molar refractivity (Wildman–Crippen MR) is 58.8 cm³/mol. The van der Waals surface area contributed by atoms with E-state index in [0.717, 1.165) is 5.56 Å². The summed E-state index contributed by atoms with van der Waals surface area (Å²) >= 11 is 0. The van der Waals surface area contributed by atoms with Gasteiger partial charge in [0, 0.05) is 32.7 Å². The summed E-state index contributed by atoms with van der Waals surface area (Å²) in [5.41, 5.74) is 0.910. The number of nitrogens with zero attached hydrogens (tertiary/aromatic N) is 2. The van der Waals surface area contributed by atoms with Gasteiger partial charge in [0.05, 0.1) is 10.5 Å². The zero-order valence-corrected chi connectivity index (χ0v) is 13.1. The molecule has 85 valence electrons. The molecule has 4 nitrogen and oxygen atoms in total. The van der Waals surface area contributed by atoms with Crippen molar-refractivity contribution in [2.75, 3.05) is 7.05 Å². The molecule has 0 N–H and O–H groups in total. The number of hydrogen-bond donors (Lipinski definition) is 0. The average Bonchev–Trinajstić information content (AvgIpc) is 2.18. The number of hydrogen-bond acceptors (Lipinski definition) is 3. The average molecular weight is 313 g/mol. The van der Waals surface area contributed by atoms with E-state index >= 15 is 0 Å². The summed E-state index contributed by atoms with van der Waals surface area (Å²) in [6, 6.07) is 6.44. The molecular formula is C10H12N2O2SY-2. The molecule has 0 fully saturated rings. The third-order valence-corrected chi connectivity index (χ3v) is 3.15. The first kappa shape index (κ1) is 18.1. The molecule has 1 aromatic rings. The van der Waals surface area contributed by atoms with E-state index in [9.17, 15) is 8.42 Å². The largest absolute Gasteiger partial charge is 0.547 e. The minimum atomic E-state index is -3.66. The van der Waals surface area contributed by atoms with Crippen LogP contribution in [0.25, 0.3) is 4.72 Å². The van der Waals surface area contributed by atoms with Gasteiger partial charge in [-0.2, -0.15) is 12.3 Å².